The minimum absolute atomic E-state index is 0.0809. The van der Waals surface area contributed by atoms with Crippen molar-refractivity contribution in [3.63, 3.8) is 0 Å². The standard InChI is InChI=1S/C16H10N2O4/c19-16(11-5-2-1-3-6-11)22-14-9-8-13(18(20)21)12-7-4-10-17-15(12)14/h1-10H. The van der Waals surface area contributed by atoms with E-state index in [0.29, 0.717) is 10.9 Å². The van der Waals surface area contributed by atoms with E-state index in [1.165, 1.54) is 18.3 Å². The molecule has 0 radical (unpaired) electrons. The van der Waals surface area contributed by atoms with Crippen molar-refractivity contribution in [2.24, 2.45) is 0 Å². The highest BCUT2D eigenvalue weighted by atomic mass is 16.6. The third-order valence-electron chi connectivity index (χ3n) is 3.12. The molecule has 0 saturated heterocycles. The summed E-state index contributed by atoms with van der Waals surface area (Å²) in [6.45, 7) is 0. The van der Waals surface area contributed by atoms with Crippen LogP contribution in [0.1, 0.15) is 10.4 Å². The number of nitrogens with zero attached hydrogens (tertiary/aromatic N) is 2. The molecule has 0 aliphatic carbocycles. The van der Waals surface area contributed by atoms with Gasteiger partial charge < -0.3 is 4.74 Å². The number of hydrogen-bond donors (Lipinski definition) is 0. The number of rotatable bonds is 3. The van der Waals surface area contributed by atoms with Crippen LogP contribution in [0.25, 0.3) is 10.9 Å². The Morgan fingerprint density at radius 1 is 1.05 bits per heavy atom. The number of nitro groups is 1. The summed E-state index contributed by atoms with van der Waals surface area (Å²) in [5.41, 5.74) is 0.591. The summed E-state index contributed by atoms with van der Waals surface area (Å²) in [7, 11) is 0. The van der Waals surface area contributed by atoms with E-state index < -0.39 is 10.9 Å². The Labute approximate surface area is 125 Å². The van der Waals surface area contributed by atoms with Gasteiger partial charge in [-0.3, -0.25) is 15.1 Å². The summed E-state index contributed by atoms with van der Waals surface area (Å²) in [4.78, 5) is 26.7. The van der Waals surface area contributed by atoms with Gasteiger partial charge in [0.25, 0.3) is 5.69 Å². The molecule has 0 saturated carbocycles. The number of benzene rings is 2. The van der Waals surface area contributed by atoms with Crippen LogP contribution < -0.4 is 4.74 Å². The monoisotopic (exact) mass is 294 g/mol. The molecule has 0 spiro atoms. The van der Waals surface area contributed by atoms with E-state index >= 15 is 0 Å². The number of carbonyl (C=O) groups is 1. The molecule has 0 N–H and O–H groups in total. The first-order valence-corrected chi connectivity index (χ1v) is 6.46. The van der Waals surface area contributed by atoms with Crippen molar-refractivity contribution in [3.8, 4) is 5.75 Å². The number of fused-ring (bicyclic) bond motifs is 1. The number of nitro benzene ring substituents is 1. The Morgan fingerprint density at radius 2 is 1.82 bits per heavy atom. The van der Waals surface area contributed by atoms with Gasteiger partial charge in [0.1, 0.15) is 5.52 Å². The highest BCUT2D eigenvalue weighted by Crippen LogP contribution is 2.31. The Balaban J connectivity index is 2.04. The van der Waals surface area contributed by atoms with Crippen LogP contribution in [0, 0.1) is 10.1 Å². The summed E-state index contributed by atoms with van der Waals surface area (Å²) in [5.74, 6) is -0.351. The largest absolute Gasteiger partial charge is 0.421 e. The predicted molar refractivity (Wildman–Crippen MR) is 79.8 cm³/mol. The molecule has 6 nitrogen and oxygen atoms in total. The van der Waals surface area contributed by atoms with Crippen molar-refractivity contribution < 1.29 is 14.5 Å². The first kappa shape index (κ1) is 13.7. The van der Waals surface area contributed by atoms with Crippen molar-refractivity contribution in [2.75, 3.05) is 0 Å². The topological polar surface area (TPSA) is 82.3 Å². The molecule has 6 heteroatoms. The summed E-state index contributed by atoms with van der Waals surface area (Å²) >= 11 is 0. The van der Waals surface area contributed by atoms with Gasteiger partial charge in [0.05, 0.1) is 15.9 Å². The first-order chi connectivity index (χ1) is 10.7. The molecule has 108 valence electrons. The lowest BCUT2D eigenvalue weighted by molar-refractivity contribution is -0.383. The number of esters is 1. The summed E-state index contributed by atoms with van der Waals surface area (Å²) in [6, 6.07) is 14.3. The summed E-state index contributed by atoms with van der Waals surface area (Å²) in [5, 5.41) is 11.4. The van der Waals surface area contributed by atoms with Crippen molar-refractivity contribution >= 4 is 22.6 Å². The van der Waals surface area contributed by atoms with Crippen LogP contribution in [0.3, 0.4) is 0 Å². The van der Waals surface area contributed by atoms with Crippen LogP contribution in [0.15, 0.2) is 60.8 Å². The summed E-state index contributed by atoms with van der Waals surface area (Å²) < 4.78 is 5.32. The fourth-order valence-electron chi connectivity index (χ4n) is 2.11. The zero-order valence-corrected chi connectivity index (χ0v) is 11.3. The van der Waals surface area contributed by atoms with Crippen molar-refractivity contribution in [1.29, 1.82) is 0 Å². The SMILES string of the molecule is O=C(Oc1ccc([N+](=O)[O-])c2cccnc12)c1ccccc1. The average molecular weight is 294 g/mol. The maximum Gasteiger partial charge on any atom is 0.343 e. The van der Waals surface area contributed by atoms with E-state index in [1.54, 1.807) is 42.5 Å². The normalized spacial score (nSPS) is 10.4. The Hall–Kier alpha value is -3.28. The van der Waals surface area contributed by atoms with E-state index in [4.69, 9.17) is 4.74 Å². The fourth-order valence-corrected chi connectivity index (χ4v) is 2.11. The number of ether oxygens (including phenoxy) is 1. The van der Waals surface area contributed by atoms with Gasteiger partial charge in [0.15, 0.2) is 5.75 Å². The Morgan fingerprint density at radius 3 is 2.55 bits per heavy atom. The molecular formula is C16H10N2O4. The van der Waals surface area contributed by atoms with Crippen molar-refractivity contribution in [1.82, 2.24) is 4.98 Å². The molecule has 22 heavy (non-hydrogen) atoms. The van der Waals surface area contributed by atoms with Gasteiger partial charge in [-0.25, -0.2) is 4.79 Å². The zero-order chi connectivity index (χ0) is 15.5. The van der Waals surface area contributed by atoms with Gasteiger partial charge in [-0.2, -0.15) is 0 Å². The summed E-state index contributed by atoms with van der Waals surface area (Å²) in [6.07, 6.45) is 1.49. The lowest BCUT2D eigenvalue weighted by Crippen LogP contribution is -2.09. The third-order valence-corrected chi connectivity index (χ3v) is 3.12. The van der Waals surface area contributed by atoms with Gasteiger partial charge in [0, 0.05) is 12.3 Å². The van der Waals surface area contributed by atoms with E-state index in [0.717, 1.165) is 0 Å². The predicted octanol–water partition coefficient (Wildman–Crippen LogP) is 3.36. The number of pyridine rings is 1. The molecule has 2 aromatic carbocycles. The van der Waals surface area contributed by atoms with E-state index in [1.807, 2.05) is 0 Å². The molecule has 0 amide bonds. The highest BCUT2D eigenvalue weighted by molar-refractivity contribution is 5.96. The lowest BCUT2D eigenvalue weighted by atomic mass is 10.1. The van der Waals surface area contributed by atoms with Gasteiger partial charge in [-0.1, -0.05) is 18.2 Å². The van der Waals surface area contributed by atoms with Crippen LogP contribution in [0.2, 0.25) is 0 Å². The van der Waals surface area contributed by atoms with Gasteiger partial charge in [0.2, 0.25) is 0 Å². The second-order valence-corrected chi connectivity index (χ2v) is 4.50. The molecule has 0 aliphatic rings. The maximum absolute atomic E-state index is 12.1. The maximum atomic E-state index is 12.1. The molecule has 0 aliphatic heterocycles. The average Bonchev–Trinajstić information content (AvgIpc) is 2.55. The highest BCUT2D eigenvalue weighted by Gasteiger charge is 2.18. The second kappa shape index (κ2) is 5.61. The number of aromatic nitrogens is 1. The quantitative estimate of drug-likeness (QED) is 0.320. The number of non-ortho nitro benzene ring substituents is 1. The number of hydrogen-bond acceptors (Lipinski definition) is 5. The molecule has 1 heterocycles. The fraction of sp³-hybridized carbons (Fsp3) is 0. The minimum atomic E-state index is -0.540. The molecule has 3 rings (SSSR count). The molecule has 0 atom stereocenters. The molecule has 0 fully saturated rings. The van der Waals surface area contributed by atoms with E-state index in [-0.39, 0.29) is 17.0 Å². The van der Waals surface area contributed by atoms with Gasteiger partial charge >= 0.3 is 5.97 Å². The second-order valence-electron chi connectivity index (χ2n) is 4.50. The Bertz CT molecular complexity index is 862. The molecule has 3 aromatic rings. The molecule has 0 unspecified atom stereocenters. The van der Waals surface area contributed by atoms with Crippen molar-refractivity contribution in [3.05, 3.63) is 76.5 Å². The first-order valence-electron chi connectivity index (χ1n) is 6.46. The molecule has 1 aromatic heterocycles. The van der Waals surface area contributed by atoms with Gasteiger partial charge in [-0.15, -0.1) is 0 Å². The third kappa shape index (κ3) is 2.49. The Kier molecular flexibility index (Phi) is 3.49. The number of carbonyl (C=O) groups excluding carboxylic acids is 1. The van der Waals surface area contributed by atoms with Crippen LogP contribution in [-0.2, 0) is 0 Å². The van der Waals surface area contributed by atoms with Gasteiger partial charge in [-0.05, 0) is 30.3 Å². The molecule has 0 bridgehead atoms. The molecular weight excluding hydrogens is 284 g/mol. The smallest absolute Gasteiger partial charge is 0.343 e. The van der Waals surface area contributed by atoms with Crippen LogP contribution in [-0.4, -0.2) is 15.9 Å². The van der Waals surface area contributed by atoms with Crippen LogP contribution in [0.4, 0.5) is 5.69 Å². The van der Waals surface area contributed by atoms with E-state index in [9.17, 15) is 14.9 Å². The van der Waals surface area contributed by atoms with E-state index in [2.05, 4.69) is 4.98 Å². The van der Waals surface area contributed by atoms with Crippen LogP contribution >= 0.6 is 0 Å². The van der Waals surface area contributed by atoms with Crippen molar-refractivity contribution in [2.45, 2.75) is 0 Å². The lowest BCUT2D eigenvalue weighted by Gasteiger charge is -2.07. The zero-order valence-electron chi connectivity index (χ0n) is 11.3. The van der Waals surface area contributed by atoms with Crippen LogP contribution in [0.5, 0.6) is 5.75 Å². The minimum Gasteiger partial charge on any atom is -0.421 e.